The fourth-order valence-electron chi connectivity index (χ4n) is 2.40. The van der Waals surface area contributed by atoms with Crippen LogP contribution in [0.15, 0.2) is 53.4 Å². The van der Waals surface area contributed by atoms with Crippen molar-refractivity contribution >= 4 is 15.9 Å². The Labute approximate surface area is 172 Å². The highest BCUT2D eigenvalue weighted by molar-refractivity contribution is 7.89. The summed E-state index contributed by atoms with van der Waals surface area (Å²) in [5.74, 6) is 0.949. The molecule has 0 aliphatic rings. The molecule has 0 spiro atoms. The van der Waals surface area contributed by atoms with E-state index >= 15 is 0 Å². The molecule has 29 heavy (non-hydrogen) atoms. The maximum absolute atomic E-state index is 12.3. The molecule has 2 N–H and O–H groups in total. The molecule has 0 atom stereocenters. The van der Waals surface area contributed by atoms with Gasteiger partial charge in [-0.15, -0.1) is 0 Å². The molecule has 2 aromatic carbocycles. The number of carbonyl (C=O) groups is 1. The molecule has 2 rings (SSSR count). The highest BCUT2D eigenvalue weighted by Gasteiger charge is 2.13. The number of sulfonamides is 1. The second kappa shape index (κ2) is 10.9. The largest absolute Gasteiger partial charge is 0.493 e. The molecule has 0 unspecified atom stereocenters. The molecule has 0 radical (unpaired) electrons. The highest BCUT2D eigenvalue weighted by atomic mass is 32.2. The van der Waals surface area contributed by atoms with Crippen LogP contribution in [0.5, 0.6) is 5.75 Å². The van der Waals surface area contributed by atoms with Gasteiger partial charge in [-0.05, 0) is 47.9 Å². The predicted molar refractivity (Wildman–Crippen MR) is 111 cm³/mol. The van der Waals surface area contributed by atoms with Crippen LogP contribution in [0.4, 0.5) is 0 Å². The Morgan fingerprint density at radius 2 is 1.69 bits per heavy atom. The first-order chi connectivity index (χ1) is 13.8. The minimum Gasteiger partial charge on any atom is -0.493 e. The molecule has 2 aromatic rings. The van der Waals surface area contributed by atoms with Crippen molar-refractivity contribution in [3.05, 3.63) is 59.7 Å². The van der Waals surface area contributed by atoms with E-state index in [2.05, 4.69) is 23.9 Å². The van der Waals surface area contributed by atoms with E-state index in [1.54, 1.807) is 36.4 Å². The van der Waals surface area contributed by atoms with Crippen molar-refractivity contribution < 1.29 is 22.7 Å². The summed E-state index contributed by atoms with van der Waals surface area (Å²) < 4.78 is 37.2. The first-order valence-corrected chi connectivity index (χ1v) is 10.9. The minimum absolute atomic E-state index is 0.167. The first-order valence-electron chi connectivity index (χ1n) is 9.40. The summed E-state index contributed by atoms with van der Waals surface area (Å²) in [5, 5.41) is 2.82. The van der Waals surface area contributed by atoms with Gasteiger partial charge in [0, 0.05) is 25.8 Å². The average molecular weight is 421 g/mol. The summed E-state index contributed by atoms with van der Waals surface area (Å²) in [4.78, 5) is 12.5. The third kappa shape index (κ3) is 7.49. The van der Waals surface area contributed by atoms with Crippen molar-refractivity contribution in [1.82, 2.24) is 10.0 Å². The number of ether oxygens (including phenoxy) is 2. The van der Waals surface area contributed by atoms with Crippen LogP contribution in [0.1, 0.15) is 29.8 Å². The monoisotopic (exact) mass is 420 g/mol. The molecule has 0 aromatic heterocycles. The van der Waals surface area contributed by atoms with Crippen LogP contribution in [0.25, 0.3) is 0 Å². The van der Waals surface area contributed by atoms with Gasteiger partial charge in [-0.2, -0.15) is 0 Å². The number of methoxy groups -OCH3 is 1. The maximum Gasteiger partial charge on any atom is 0.251 e. The normalized spacial score (nSPS) is 11.4. The number of nitrogens with one attached hydrogen (secondary N) is 2. The zero-order chi connectivity index (χ0) is 21.3. The molecular formula is C21H28N2O5S. The summed E-state index contributed by atoms with van der Waals surface area (Å²) in [6.45, 7) is 5.57. The Hall–Kier alpha value is -2.42. The Morgan fingerprint density at radius 3 is 2.28 bits per heavy atom. The van der Waals surface area contributed by atoms with Gasteiger partial charge >= 0.3 is 0 Å². The molecule has 0 heterocycles. The quantitative estimate of drug-likeness (QED) is 0.545. The van der Waals surface area contributed by atoms with E-state index in [4.69, 9.17) is 9.47 Å². The molecule has 158 valence electrons. The smallest absolute Gasteiger partial charge is 0.251 e. The summed E-state index contributed by atoms with van der Waals surface area (Å²) in [7, 11) is -2.06. The van der Waals surface area contributed by atoms with Gasteiger partial charge in [-0.25, -0.2) is 13.1 Å². The number of amides is 1. The molecule has 0 fully saturated rings. The lowest BCUT2D eigenvalue weighted by Gasteiger charge is -2.10. The van der Waals surface area contributed by atoms with Gasteiger partial charge in [0.15, 0.2) is 0 Å². The fraction of sp³-hybridized carbons (Fsp3) is 0.381. The van der Waals surface area contributed by atoms with Crippen LogP contribution in [-0.2, 0) is 21.3 Å². The second-order valence-corrected chi connectivity index (χ2v) is 8.71. The van der Waals surface area contributed by atoms with Gasteiger partial charge in [0.2, 0.25) is 10.0 Å². The lowest BCUT2D eigenvalue weighted by molar-refractivity contribution is 0.0951. The molecule has 0 saturated carbocycles. The number of hydrogen-bond donors (Lipinski definition) is 2. The predicted octanol–water partition coefficient (Wildman–Crippen LogP) is 2.58. The van der Waals surface area contributed by atoms with Crippen LogP contribution in [0.3, 0.4) is 0 Å². The van der Waals surface area contributed by atoms with Gasteiger partial charge < -0.3 is 14.8 Å². The van der Waals surface area contributed by atoms with Crippen molar-refractivity contribution in [3.8, 4) is 5.75 Å². The lowest BCUT2D eigenvalue weighted by Crippen LogP contribution is -2.27. The van der Waals surface area contributed by atoms with Gasteiger partial charge in [0.25, 0.3) is 5.91 Å². The van der Waals surface area contributed by atoms with Gasteiger partial charge in [0.1, 0.15) is 5.75 Å². The van der Waals surface area contributed by atoms with Crippen LogP contribution in [0.2, 0.25) is 0 Å². The van der Waals surface area contributed by atoms with Gasteiger partial charge in [0.05, 0.1) is 18.1 Å². The number of carbonyl (C=O) groups excluding carboxylic acids is 1. The third-order valence-corrected chi connectivity index (χ3v) is 5.46. The van der Waals surface area contributed by atoms with Crippen LogP contribution in [-0.4, -0.2) is 41.2 Å². The zero-order valence-electron chi connectivity index (χ0n) is 17.0. The standard InChI is InChI=1S/C21H28N2O5S/c1-16(2)15-28-19-8-6-18(7-9-19)21(24)22-14-17-4-10-20(11-5-17)29(25,26)23-12-13-27-3/h4-11,16,23H,12-15H2,1-3H3,(H,22,24). The molecule has 7 nitrogen and oxygen atoms in total. The van der Waals surface area contributed by atoms with Gasteiger partial charge in [-0.1, -0.05) is 26.0 Å². The second-order valence-electron chi connectivity index (χ2n) is 6.95. The first kappa shape index (κ1) is 22.9. The summed E-state index contributed by atoms with van der Waals surface area (Å²) in [5.41, 5.74) is 1.33. The van der Waals surface area contributed by atoms with Crippen molar-refractivity contribution in [2.45, 2.75) is 25.3 Å². The van der Waals surface area contributed by atoms with E-state index in [0.717, 1.165) is 11.3 Å². The Kier molecular flexibility index (Phi) is 8.63. The number of rotatable bonds is 11. The van der Waals surface area contributed by atoms with E-state index in [1.165, 1.54) is 19.2 Å². The fourth-order valence-corrected chi connectivity index (χ4v) is 3.41. The van der Waals surface area contributed by atoms with Crippen molar-refractivity contribution in [2.75, 3.05) is 26.9 Å². The van der Waals surface area contributed by atoms with Crippen molar-refractivity contribution in [1.29, 1.82) is 0 Å². The summed E-state index contributed by atoms with van der Waals surface area (Å²) in [6, 6.07) is 13.3. The summed E-state index contributed by atoms with van der Waals surface area (Å²) >= 11 is 0. The van der Waals surface area contributed by atoms with Crippen molar-refractivity contribution in [3.63, 3.8) is 0 Å². The molecular weight excluding hydrogens is 392 g/mol. The SMILES string of the molecule is COCCNS(=O)(=O)c1ccc(CNC(=O)c2ccc(OCC(C)C)cc2)cc1. The highest BCUT2D eigenvalue weighted by Crippen LogP contribution is 2.14. The minimum atomic E-state index is -3.57. The molecule has 0 aliphatic carbocycles. The van der Waals surface area contributed by atoms with Crippen molar-refractivity contribution in [2.24, 2.45) is 5.92 Å². The van der Waals surface area contributed by atoms with Gasteiger partial charge in [-0.3, -0.25) is 4.79 Å². The summed E-state index contributed by atoms with van der Waals surface area (Å²) in [6.07, 6.45) is 0. The average Bonchev–Trinajstić information content (AvgIpc) is 2.71. The molecule has 0 bridgehead atoms. The third-order valence-electron chi connectivity index (χ3n) is 3.98. The van der Waals surface area contributed by atoms with E-state index in [-0.39, 0.29) is 17.3 Å². The molecule has 8 heteroatoms. The number of benzene rings is 2. The molecule has 0 saturated heterocycles. The Bertz CT molecular complexity index is 878. The molecule has 0 aliphatic heterocycles. The van der Waals surface area contributed by atoms with Crippen LogP contribution in [0, 0.1) is 5.92 Å². The zero-order valence-corrected chi connectivity index (χ0v) is 17.8. The Balaban J connectivity index is 1.88. The van der Waals surface area contributed by atoms with E-state index in [9.17, 15) is 13.2 Å². The lowest BCUT2D eigenvalue weighted by atomic mass is 10.2. The van der Waals surface area contributed by atoms with E-state index < -0.39 is 10.0 Å². The maximum atomic E-state index is 12.3. The van der Waals surface area contributed by atoms with E-state index in [0.29, 0.717) is 31.2 Å². The number of hydrogen-bond acceptors (Lipinski definition) is 5. The van der Waals surface area contributed by atoms with Crippen LogP contribution >= 0.6 is 0 Å². The Morgan fingerprint density at radius 1 is 1.03 bits per heavy atom. The van der Waals surface area contributed by atoms with Crippen LogP contribution < -0.4 is 14.8 Å². The van der Waals surface area contributed by atoms with E-state index in [1.807, 2.05) is 0 Å². The topological polar surface area (TPSA) is 93.7 Å². The molecule has 1 amide bonds.